The summed E-state index contributed by atoms with van der Waals surface area (Å²) in [7, 11) is 1.52. The van der Waals surface area contributed by atoms with Crippen LogP contribution in [-0.2, 0) is 15.7 Å². The molecule has 0 bridgehead atoms. The highest BCUT2D eigenvalue weighted by molar-refractivity contribution is 5.94. The maximum atomic E-state index is 12.8. The molecule has 1 saturated heterocycles. The van der Waals surface area contributed by atoms with Crippen LogP contribution in [0.5, 0.6) is 0 Å². The Labute approximate surface area is 144 Å². The van der Waals surface area contributed by atoms with Gasteiger partial charge in [-0.15, -0.1) is 0 Å². The molecular formula is C17H21F3N2O3. The normalized spacial score (nSPS) is 15.8. The van der Waals surface area contributed by atoms with Crippen LogP contribution < -0.4 is 0 Å². The lowest BCUT2D eigenvalue weighted by atomic mass is 10.1. The third-order valence-corrected chi connectivity index (χ3v) is 4.09. The molecule has 0 aromatic heterocycles. The first-order chi connectivity index (χ1) is 11.8. The number of carbonyl (C=O) groups is 2. The summed E-state index contributed by atoms with van der Waals surface area (Å²) in [6, 6.07) is 4.42. The highest BCUT2D eigenvalue weighted by atomic mass is 19.4. The summed E-state index contributed by atoms with van der Waals surface area (Å²) in [5, 5.41) is 0. The Kier molecular flexibility index (Phi) is 6.41. The molecule has 1 fully saturated rings. The minimum absolute atomic E-state index is 0.00832. The molecule has 0 spiro atoms. The molecular weight excluding hydrogens is 337 g/mol. The Balaban J connectivity index is 2.02. The Hall–Kier alpha value is -2.09. The molecule has 8 heteroatoms. The second kappa shape index (κ2) is 8.33. The second-order valence-corrected chi connectivity index (χ2v) is 5.85. The van der Waals surface area contributed by atoms with Gasteiger partial charge in [0.1, 0.15) is 0 Å². The first-order valence-corrected chi connectivity index (χ1v) is 8.06. The van der Waals surface area contributed by atoms with Gasteiger partial charge in [0, 0.05) is 38.9 Å². The second-order valence-electron chi connectivity index (χ2n) is 5.85. The summed E-state index contributed by atoms with van der Waals surface area (Å²) in [6.45, 7) is 1.93. The smallest absolute Gasteiger partial charge is 0.384 e. The van der Waals surface area contributed by atoms with Crippen LogP contribution in [0.1, 0.15) is 28.8 Å². The van der Waals surface area contributed by atoms with Crippen molar-refractivity contribution in [2.45, 2.75) is 19.0 Å². The van der Waals surface area contributed by atoms with Gasteiger partial charge in [0.15, 0.2) is 0 Å². The third kappa shape index (κ3) is 5.19. The fourth-order valence-corrected chi connectivity index (χ4v) is 2.73. The van der Waals surface area contributed by atoms with Crippen LogP contribution in [0.4, 0.5) is 13.2 Å². The van der Waals surface area contributed by atoms with E-state index in [0.717, 1.165) is 12.1 Å². The zero-order chi connectivity index (χ0) is 18.4. The predicted octanol–water partition coefficient (Wildman–Crippen LogP) is 2.42. The minimum Gasteiger partial charge on any atom is -0.384 e. The van der Waals surface area contributed by atoms with Crippen LogP contribution in [-0.4, -0.2) is 61.5 Å². The zero-order valence-electron chi connectivity index (χ0n) is 14.0. The number of halogens is 3. The maximum Gasteiger partial charge on any atom is 0.416 e. The van der Waals surface area contributed by atoms with E-state index in [2.05, 4.69) is 0 Å². The van der Waals surface area contributed by atoms with Crippen LogP contribution in [0.25, 0.3) is 0 Å². The Bertz CT molecular complexity index is 619. The number of hydrogen-bond acceptors (Lipinski definition) is 3. The van der Waals surface area contributed by atoms with E-state index in [1.807, 2.05) is 0 Å². The fraction of sp³-hybridized carbons (Fsp3) is 0.529. The fourth-order valence-electron chi connectivity index (χ4n) is 2.73. The van der Waals surface area contributed by atoms with E-state index in [1.54, 1.807) is 4.90 Å². The van der Waals surface area contributed by atoms with E-state index in [0.29, 0.717) is 39.2 Å². The van der Waals surface area contributed by atoms with Gasteiger partial charge in [0.25, 0.3) is 5.91 Å². The molecule has 1 aromatic carbocycles. The first kappa shape index (κ1) is 19.2. The molecule has 25 heavy (non-hydrogen) atoms. The van der Waals surface area contributed by atoms with Crippen molar-refractivity contribution >= 4 is 11.8 Å². The quantitative estimate of drug-likeness (QED) is 0.831. The first-order valence-electron chi connectivity index (χ1n) is 8.06. The number of carbonyl (C=O) groups excluding carboxylic acids is 2. The van der Waals surface area contributed by atoms with Gasteiger partial charge in [-0.1, -0.05) is 6.07 Å². The zero-order valence-corrected chi connectivity index (χ0v) is 14.0. The average Bonchev–Trinajstić information content (AvgIpc) is 2.84. The predicted molar refractivity (Wildman–Crippen MR) is 85.0 cm³/mol. The number of rotatable bonds is 4. The lowest BCUT2D eigenvalue weighted by Crippen LogP contribution is -2.37. The number of amides is 2. The summed E-state index contributed by atoms with van der Waals surface area (Å²) in [5.41, 5.74) is -0.835. The third-order valence-electron chi connectivity index (χ3n) is 4.09. The number of hydrogen-bond donors (Lipinski definition) is 0. The molecule has 0 atom stereocenters. The average molecular weight is 358 g/mol. The standard InChI is InChI=1S/C17H21F3N2O3/c1-25-11-6-15(23)21-7-3-8-22(10-9-21)16(24)13-4-2-5-14(12-13)17(18,19)20/h2,4-5,12H,3,6-11H2,1H3. The molecule has 0 aliphatic carbocycles. The van der Waals surface area contributed by atoms with Gasteiger partial charge in [-0.25, -0.2) is 0 Å². The molecule has 5 nitrogen and oxygen atoms in total. The van der Waals surface area contributed by atoms with Crippen molar-refractivity contribution < 1.29 is 27.5 Å². The number of methoxy groups -OCH3 is 1. The van der Waals surface area contributed by atoms with Gasteiger partial charge in [-0.3, -0.25) is 9.59 Å². The van der Waals surface area contributed by atoms with Crippen LogP contribution in [0.2, 0.25) is 0 Å². The molecule has 0 unspecified atom stereocenters. The van der Waals surface area contributed by atoms with Crippen molar-refractivity contribution in [2.75, 3.05) is 39.9 Å². The molecule has 1 aliphatic heterocycles. The van der Waals surface area contributed by atoms with E-state index in [-0.39, 0.29) is 17.9 Å². The number of nitrogens with zero attached hydrogens (tertiary/aromatic N) is 2. The maximum absolute atomic E-state index is 12.8. The van der Waals surface area contributed by atoms with Crippen LogP contribution >= 0.6 is 0 Å². The van der Waals surface area contributed by atoms with Crippen molar-refractivity contribution in [2.24, 2.45) is 0 Å². The largest absolute Gasteiger partial charge is 0.416 e. The van der Waals surface area contributed by atoms with Crippen molar-refractivity contribution in [1.82, 2.24) is 9.80 Å². The highest BCUT2D eigenvalue weighted by Gasteiger charge is 2.31. The van der Waals surface area contributed by atoms with Gasteiger partial charge in [0.05, 0.1) is 18.6 Å². The molecule has 0 N–H and O–H groups in total. The number of ether oxygens (including phenoxy) is 1. The molecule has 2 rings (SSSR count). The van der Waals surface area contributed by atoms with Gasteiger partial charge in [-0.2, -0.15) is 13.2 Å². The van der Waals surface area contributed by atoms with Crippen molar-refractivity contribution in [1.29, 1.82) is 0 Å². The summed E-state index contributed by atoms with van der Waals surface area (Å²) >= 11 is 0. The summed E-state index contributed by atoms with van der Waals surface area (Å²) in [4.78, 5) is 27.7. The number of alkyl halides is 3. The van der Waals surface area contributed by atoms with Gasteiger partial charge < -0.3 is 14.5 Å². The molecule has 1 aromatic rings. The van der Waals surface area contributed by atoms with E-state index in [1.165, 1.54) is 24.1 Å². The van der Waals surface area contributed by atoms with Gasteiger partial charge in [0.2, 0.25) is 5.91 Å². The van der Waals surface area contributed by atoms with Crippen molar-refractivity contribution in [3.63, 3.8) is 0 Å². The molecule has 1 heterocycles. The SMILES string of the molecule is COCCC(=O)N1CCCN(C(=O)c2cccc(C(F)(F)F)c2)CC1. The summed E-state index contributed by atoms with van der Waals surface area (Å²) in [5.74, 6) is -0.493. The van der Waals surface area contributed by atoms with Crippen LogP contribution in [0.3, 0.4) is 0 Å². The number of benzene rings is 1. The van der Waals surface area contributed by atoms with Crippen molar-refractivity contribution in [3.05, 3.63) is 35.4 Å². The van der Waals surface area contributed by atoms with E-state index in [4.69, 9.17) is 4.74 Å². The molecule has 138 valence electrons. The Morgan fingerprint density at radius 1 is 1.12 bits per heavy atom. The Morgan fingerprint density at radius 2 is 1.80 bits per heavy atom. The lowest BCUT2D eigenvalue weighted by Gasteiger charge is -2.22. The molecule has 2 amide bonds. The van der Waals surface area contributed by atoms with E-state index in [9.17, 15) is 22.8 Å². The lowest BCUT2D eigenvalue weighted by molar-refractivity contribution is -0.137. The van der Waals surface area contributed by atoms with E-state index >= 15 is 0 Å². The molecule has 0 saturated carbocycles. The topological polar surface area (TPSA) is 49.9 Å². The summed E-state index contributed by atoms with van der Waals surface area (Å²) < 4.78 is 43.3. The molecule has 0 radical (unpaired) electrons. The van der Waals surface area contributed by atoms with Gasteiger partial charge in [-0.05, 0) is 24.6 Å². The minimum atomic E-state index is -4.49. The van der Waals surface area contributed by atoms with Crippen LogP contribution in [0, 0.1) is 0 Å². The monoisotopic (exact) mass is 358 g/mol. The van der Waals surface area contributed by atoms with Crippen LogP contribution in [0.15, 0.2) is 24.3 Å². The van der Waals surface area contributed by atoms with Gasteiger partial charge >= 0.3 is 6.18 Å². The highest BCUT2D eigenvalue weighted by Crippen LogP contribution is 2.29. The van der Waals surface area contributed by atoms with Crippen molar-refractivity contribution in [3.8, 4) is 0 Å². The molecule has 1 aliphatic rings. The summed E-state index contributed by atoms with van der Waals surface area (Å²) in [6.07, 6.45) is -3.62. The Morgan fingerprint density at radius 3 is 2.48 bits per heavy atom. The van der Waals surface area contributed by atoms with E-state index < -0.39 is 17.6 Å².